The van der Waals surface area contributed by atoms with Crippen molar-refractivity contribution in [3.63, 3.8) is 0 Å². The molecule has 1 saturated heterocycles. The van der Waals surface area contributed by atoms with Gasteiger partial charge in [-0.25, -0.2) is 4.79 Å². The molecule has 124 valence electrons. The SMILES string of the molecule is CC(NC1CN(C(=O)OC(C)(C)C)C1)c1cnc2ccsc2c1. The number of likely N-dealkylation sites (tertiary alicyclic amines) is 1. The molecule has 2 aromatic heterocycles. The number of thiophene rings is 1. The second kappa shape index (κ2) is 6.09. The number of nitrogens with one attached hydrogen (secondary N) is 1. The maximum Gasteiger partial charge on any atom is 0.410 e. The van der Waals surface area contributed by atoms with E-state index in [1.807, 2.05) is 33.0 Å². The molecule has 1 aliphatic rings. The third-order valence-electron chi connectivity index (χ3n) is 3.84. The van der Waals surface area contributed by atoms with Gasteiger partial charge in [0.25, 0.3) is 0 Å². The van der Waals surface area contributed by atoms with Crippen molar-refractivity contribution in [2.45, 2.75) is 45.4 Å². The van der Waals surface area contributed by atoms with Gasteiger partial charge in [0.2, 0.25) is 0 Å². The number of amides is 1. The summed E-state index contributed by atoms with van der Waals surface area (Å²) in [5.41, 5.74) is 1.78. The molecule has 1 atom stereocenters. The first kappa shape index (κ1) is 16.2. The molecule has 23 heavy (non-hydrogen) atoms. The zero-order valence-corrected chi connectivity index (χ0v) is 14.8. The number of rotatable bonds is 3. The Morgan fingerprint density at radius 3 is 2.91 bits per heavy atom. The largest absolute Gasteiger partial charge is 0.444 e. The molecular formula is C17H23N3O2S. The van der Waals surface area contributed by atoms with Crippen LogP contribution < -0.4 is 5.32 Å². The highest BCUT2D eigenvalue weighted by atomic mass is 32.1. The molecule has 0 bridgehead atoms. The fourth-order valence-corrected chi connectivity index (χ4v) is 3.40. The van der Waals surface area contributed by atoms with Crippen LogP contribution in [0.1, 0.15) is 39.3 Å². The molecular weight excluding hydrogens is 310 g/mol. The van der Waals surface area contributed by atoms with Gasteiger partial charge in [-0.05, 0) is 50.8 Å². The predicted octanol–water partition coefficient (Wildman–Crippen LogP) is 3.57. The van der Waals surface area contributed by atoms with Gasteiger partial charge in [0.05, 0.1) is 10.2 Å². The summed E-state index contributed by atoms with van der Waals surface area (Å²) in [5.74, 6) is 0. The third-order valence-corrected chi connectivity index (χ3v) is 4.70. The topological polar surface area (TPSA) is 54.5 Å². The lowest BCUT2D eigenvalue weighted by Crippen LogP contribution is -2.60. The molecule has 0 aromatic carbocycles. The van der Waals surface area contributed by atoms with Crippen LogP contribution in [0, 0.1) is 0 Å². The molecule has 1 aliphatic heterocycles. The van der Waals surface area contributed by atoms with E-state index in [1.165, 1.54) is 10.3 Å². The van der Waals surface area contributed by atoms with Crippen molar-refractivity contribution < 1.29 is 9.53 Å². The monoisotopic (exact) mass is 333 g/mol. The van der Waals surface area contributed by atoms with Crippen LogP contribution in [0.5, 0.6) is 0 Å². The number of fused-ring (bicyclic) bond motifs is 1. The number of nitrogens with zero attached hydrogens (tertiary/aromatic N) is 2. The zero-order chi connectivity index (χ0) is 16.6. The molecule has 0 radical (unpaired) electrons. The molecule has 1 amide bonds. The van der Waals surface area contributed by atoms with E-state index in [4.69, 9.17) is 4.74 Å². The van der Waals surface area contributed by atoms with Crippen LogP contribution in [-0.2, 0) is 4.74 Å². The summed E-state index contributed by atoms with van der Waals surface area (Å²) in [7, 11) is 0. The molecule has 0 spiro atoms. The Hall–Kier alpha value is -1.66. The molecule has 5 nitrogen and oxygen atoms in total. The van der Waals surface area contributed by atoms with E-state index in [9.17, 15) is 4.79 Å². The summed E-state index contributed by atoms with van der Waals surface area (Å²) in [6.07, 6.45) is 1.70. The number of hydrogen-bond acceptors (Lipinski definition) is 5. The minimum atomic E-state index is -0.440. The van der Waals surface area contributed by atoms with Crippen molar-refractivity contribution in [2.75, 3.05) is 13.1 Å². The van der Waals surface area contributed by atoms with E-state index in [-0.39, 0.29) is 12.1 Å². The van der Waals surface area contributed by atoms with Gasteiger partial charge in [0.1, 0.15) is 5.60 Å². The van der Waals surface area contributed by atoms with Gasteiger partial charge in [-0.2, -0.15) is 0 Å². The van der Waals surface area contributed by atoms with Gasteiger partial charge in [0.15, 0.2) is 0 Å². The van der Waals surface area contributed by atoms with Crippen molar-refractivity contribution in [1.82, 2.24) is 15.2 Å². The summed E-state index contributed by atoms with van der Waals surface area (Å²) >= 11 is 1.71. The van der Waals surface area contributed by atoms with Crippen LogP contribution in [0.4, 0.5) is 4.79 Å². The van der Waals surface area contributed by atoms with Crippen molar-refractivity contribution in [1.29, 1.82) is 0 Å². The molecule has 6 heteroatoms. The summed E-state index contributed by atoms with van der Waals surface area (Å²) in [5, 5.41) is 5.61. The van der Waals surface area contributed by atoms with Crippen molar-refractivity contribution in [2.24, 2.45) is 0 Å². The number of hydrogen-bond donors (Lipinski definition) is 1. The third kappa shape index (κ3) is 3.82. The first-order valence-corrected chi connectivity index (χ1v) is 8.77. The number of carbonyl (C=O) groups is 1. The lowest BCUT2D eigenvalue weighted by Gasteiger charge is -2.41. The van der Waals surface area contributed by atoms with Crippen LogP contribution >= 0.6 is 11.3 Å². The number of aromatic nitrogens is 1. The molecule has 3 rings (SSSR count). The first-order chi connectivity index (χ1) is 10.8. The zero-order valence-electron chi connectivity index (χ0n) is 14.0. The van der Waals surface area contributed by atoms with E-state index >= 15 is 0 Å². The lowest BCUT2D eigenvalue weighted by molar-refractivity contribution is 0.00434. The number of ether oxygens (including phenoxy) is 1. The number of pyridine rings is 1. The average molecular weight is 333 g/mol. The van der Waals surface area contributed by atoms with Crippen LogP contribution in [0.3, 0.4) is 0 Å². The van der Waals surface area contributed by atoms with Crippen LogP contribution in [0.25, 0.3) is 10.2 Å². The highest BCUT2D eigenvalue weighted by Crippen LogP contribution is 2.24. The Morgan fingerprint density at radius 2 is 2.22 bits per heavy atom. The molecule has 3 heterocycles. The molecule has 1 N–H and O–H groups in total. The van der Waals surface area contributed by atoms with Gasteiger partial charge in [-0.1, -0.05) is 0 Å². The fourth-order valence-electron chi connectivity index (χ4n) is 2.61. The Morgan fingerprint density at radius 1 is 1.48 bits per heavy atom. The highest BCUT2D eigenvalue weighted by Gasteiger charge is 2.34. The molecule has 0 aliphatic carbocycles. The minimum absolute atomic E-state index is 0.208. The van der Waals surface area contributed by atoms with Crippen LogP contribution in [-0.4, -0.2) is 40.7 Å². The second-order valence-corrected chi connectivity index (χ2v) is 7.99. The Balaban J connectivity index is 1.52. The van der Waals surface area contributed by atoms with Gasteiger partial charge >= 0.3 is 6.09 Å². The van der Waals surface area contributed by atoms with Crippen LogP contribution in [0.15, 0.2) is 23.7 Å². The van der Waals surface area contributed by atoms with Crippen molar-refractivity contribution >= 4 is 27.6 Å². The van der Waals surface area contributed by atoms with E-state index in [0.29, 0.717) is 19.1 Å². The van der Waals surface area contributed by atoms with E-state index < -0.39 is 5.60 Å². The molecule has 2 aromatic rings. The Bertz CT molecular complexity index is 701. The fraction of sp³-hybridized carbons (Fsp3) is 0.529. The lowest BCUT2D eigenvalue weighted by atomic mass is 10.1. The van der Waals surface area contributed by atoms with Crippen molar-refractivity contribution in [3.05, 3.63) is 29.3 Å². The molecule has 0 saturated carbocycles. The predicted molar refractivity (Wildman–Crippen MR) is 92.8 cm³/mol. The summed E-state index contributed by atoms with van der Waals surface area (Å²) in [4.78, 5) is 18.1. The molecule has 1 unspecified atom stereocenters. The maximum absolute atomic E-state index is 11.9. The van der Waals surface area contributed by atoms with Gasteiger partial charge in [0, 0.05) is 31.4 Å². The van der Waals surface area contributed by atoms with E-state index in [0.717, 1.165) is 5.52 Å². The second-order valence-electron chi connectivity index (χ2n) is 7.04. The summed E-state index contributed by atoms with van der Waals surface area (Å²) in [6, 6.07) is 4.73. The minimum Gasteiger partial charge on any atom is -0.444 e. The molecule has 1 fully saturated rings. The van der Waals surface area contributed by atoms with Gasteiger partial charge < -0.3 is 15.0 Å². The van der Waals surface area contributed by atoms with Gasteiger partial charge in [-0.3, -0.25) is 4.98 Å². The smallest absolute Gasteiger partial charge is 0.410 e. The summed E-state index contributed by atoms with van der Waals surface area (Å²) in [6.45, 7) is 9.16. The normalized spacial score (nSPS) is 17.1. The van der Waals surface area contributed by atoms with Crippen LogP contribution in [0.2, 0.25) is 0 Å². The first-order valence-electron chi connectivity index (χ1n) is 7.89. The Kier molecular flexibility index (Phi) is 4.29. The summed E-state index contributed by atoms with van der Waals surface area (Å²) < 4.78 is 6.58. The van der Waals surface area contributed by atoms with Gasteiger partial charge in [-0.15, -0.1) is 11.3 Å². The van der Waals surface area contributed by atoms with Crippen molar-refractivity contribution in [3.8, 4) is 0 Å². The average Bonchev–Trinajstić information content (AvgIpc) is 2.87. The standard InChI is InChI=1S/C17H23N3O2S/c1-11(12-7-15-14(18-8-12)5-6-23-15)19-13-9-20(10-13)16(21)22-17(2,3)4/h5-8,11,13,19H,9-10H2,1-4H3. The quantitative estimate of drug-likeness (QED) is 0.933. The Labute approximate surface area is 140 Å². The maximum atomic E-state index is 11.9. The number of carbonyl (C=O) groups excluding carboxylic acids is 1. The highest BCUT2D eigenvalue weighted by molar-refractivity contribution is 7.17. The van der Waals surface area contributed by atoms with E-state index in [2.05, 4.69) is 28.7 Å². The van der Waals surface area contributed by atoms with E-state index in [1.54, 1.807) is 16.2 Å².